The molecule has 0 aliphatic heterocycles. The van der Waals surface area contributed by atoms with Gasteiger partial charge in [0.25, 0.3) is 0 Å². The average Bonchev–Trinajstić information content (AvgIpc) is 2.82. The van der Waals surface area contributed by atoms with Gasteiger partial charge < -0.3 is 14.9 Å². The van der Waals surface area contributed by atoms with E-state index in [0.29, 0.717) is 6.54 Å². The maximum atomic E-state index is 5.61. The van der Waals surface area contributed by atoms with Gasteiger partial charge in [-0.05, 0) is 24.1 Å². The fourth-order valence-electron chi connectivity index (χ4n) is 2.33. The Hall–Kier alpha value is -2.07. The van der Waals surface area contributed by atoms with Crippen LogP contribution in [0.1, 0.15) is 5.69 Å². The predicted octanol–water partition coefficient (Wildman–Crippen LogP) is 2.00. The van der Waals surface area contributed by atoms with Gasteiger partial charge in [0.05, 0.1) is 12.5 Å². The van der Waals surface area contributed by atoms with Crippen LogP contribution in [0.2, 0.25) is 0 Å². The molecule has 0 saturated carbocycles. The van der Waals surface area contributed by atoms with Crippen molar-refractivity contribution in [3.63, 3.8) is 0 Å². The van der Waals surface area contributed by atoms with Gasteiger partial charge in [-0.15, -0.1) is 0 Å². The Morgan fingerprint density at radius 2 is 2.22 bits per heavy atom. The molecule has 0 spiro atoms. The number of rotatable bonds is 3. The molecule has 0 atom stereocenters. The van der Waals surface area contributed by atoms with Gasteiger partial charge in [-0.1, -0.05) is 12.1 Å². The Morgan fingerprint density at radius 1 is 1.33 bits per heavy atom. The van der Waals surface area contributed by atoms with Gasteiger partial charge in [0.15, 0.2) is 0 Å². The van der Waals surface area contributed by atoms with E-state index in [1.807, 2.05) is 24.5 Å². The van der Waals surface area contributed by atoms with Crippen LogP contribution in [-0.4, -0.2) is 23.0 Å². The summed E-state index contributed by atoms with van der Waals surface area (Å²) in [7, 11) is 1.68. The summed E-state index contributed by atoms with van der Waals surface area (Å²) in [4.78, 5) is 4.50. The lowest BCUT2D eigenvalue weighted by Gasteiger charge is -2.07. The second-order valence-corrected chi connectivity index (χ2v) is 4.22. The lowest BCUT2D eigenvalue weighted by Crippen LogP contribution is -2.04. The van der Waals surface area contributed by atoms with E-state index in [1.165, 1.54) is 0 Å². The van der Waals surface area contributed by atoms with Crippen LogP contribution < -0.4 is 10.5 Å². The molecular weight excluding hydrogens is 226 g/mol. The van der Waals surface area contributed by atoms with Gasteiger partial charge in [-0.2, -0.15) is 0 Å². The van der Waals surface area contributed by atoms with E-state index in [1.54, 1.807) is 7.11 Å². The van der Waals surface area contributed by atoms with Crippen LogP contribution in [0.15, 0.2) is 36.7 Å². The fraction of sp³-hybridized carbons (Fsp3) is 0.214. The Bertz CT molecular complexity index is 703. The smallest absolute Gasteiger partial charge is 0.148 e. The lowest BCUT2D eigenvalue weighted by atomic mass is 10.1. The quantitative estimate of drug-likeness (QED) is 0.763. The highest BCUT2D eigenvalue weighted by molar-refractivity contribution is 5.98. The number of nitrogens with two attached hydrogens (primary N) is 1. The minimum Gasteiger partial charge on any atom is -0.496 e. The molecule has 1 aromatic carbocycles. The average molecular weight is 241 g/mol. The van der Waals surface area contributed by atoms with E-state index in [-0.39, 0.29) is 0 Å². The molecule has 2 aromatic heterocycles. The highest BCUT2D eigenvalue weighted by atomic mass is 16.5. The second kappa shape index (κ2) is 4.31. The van der Waals surface area contributed by atoms with Crippen molar-refractivity contribution in [2.45, 2.75) is 6.42 Å². The molecule has 0 aliphatic carbocycles. The molecule has 0 amide bonds. The van der Waals surface area contributed by atoms with Crippen LogP contribution in [0, 0.1) is 0 Å². The number of hydrogen-bond acceptors (Lipinski definition) is 3. The zero-order chi connectivity index (χ0) is 12.5. The third kappa shape index (κ3) is 1.54. The van der Waals surface area contributed by atoms with Crippen molar-refractivity contribution in [2.24, 2.45) is 5.73 Å². The standard InChI is InChI=1S/C14H15N3O/c1-18-12-4-2-3-10-6-8-17-11(5-7-15)9-16-14(17)13(10)12/h2-4,6,8-9H,5,7,15H2,1H3. The first-order chi connectivity index (χ1) is 8.85. The molecule has 0 unspecified atom stereocenters. The Kier molecular flexibility index (Phi) is 2.64. The van der Waals surface area contributed by atoms with E-state index in [2.05, 4.69) is 21.5 Å². The number of fused-ring (bicyclic) bond motifs is 3. The summed E-state index contributed by atoms with van der Waals surface area (Å²) in [6, 6.07) is 8.09. The van der Waals surface area contributed by atoms with E-state index >= 15 is 0 Å². The first kappa shape index (κ1) is 11.0. The molecule has 0 radical (unpaired) electrons. The van der Waals surface area contributed by atoms with Crippen molar-refractivity contribution in [2.75, 3.05) is 13.7 Å². The summed E-state index contributed by atoms with van der Waals surface area (Å²) in [5, 5.41) is 2.18. The highest BCUT2D eigenvalue weighted by Crippen LogP contribution is 2.29. The van der Waals surface area contributed by atoms with Crippen molar-refractivity contribution >= 4 is 16.4 Å². The normalized spacial score (nSPS) is 11.2. The number of aromatic nitrogens is 2. The zero-order valence-electron chi connectivity index (χ0n) is 10.3. The fourth-order valence-corrected chi connectivity index (χ4v) is 2.33. The maximum absolute atomic E-state index is 5.61. The number of hydrogen-bond donors (Lipinski definition) is 1. The highest BCUT2D eigenvalue weighted by Gasteiger charge is 2.10. The zero-order valence-corrected chi connectivity index (χ0v) is 10.3. The van der Waals surface area contributed by atoms with E-state index in [0.717, 1.165) is 34.3 Å². The van der Waals surface area contributed by atoms with Crippen molar-refractivity contribution in [3.8, 4) is 5.75 Å². The molecule has 4 heteroatoms. The number of methoxy groups -OCH3 is 1. The summed E-state index contributed by atoms with van der Waals surface area (Å²) in [5.74, 6) is 0.850. The molecule has 3 aromatic rings. The van der Waals surface area contributed by atoms with Crippen LogP contribution in [0.25, 0.3) is 16.4 Å². The van der Waals surface area contributed by atoms with Gasteiger partial charge in [0.1, 0.15) is 11.4 Å². The van der Waals surface area contributed by atoms with Crippen LogP contribution >= 0.6 is 0 Å². The largest absolute Gasteiger partial charge is 0.496 e. The molecular formula is C14H15N3O. The second-order valence-electron chi connectivity index (χ2n) is 4.22. The minimum atomic E-state index is 0.623. The van der Waals surface area contributed by atoms with Crippen LogP contribution in [0.3, 0.4) is 0 Å². The van der Waals surface area contributed by atoms with Gasteiger partial charge in [-0.25, -0.2) is 4.98 Å². The number of nitrogens with zero attached hydrogens (tertiary/aromatic N) is 2. The van der Waals surface area contributed by atoms with Gasteiger partial charge in [0.2, 0.25) is 0 Å². The molecule has 2 N–H and O–H groups in total. The molecule has 0 aliphatic rings. The molecule has 0 saturated heterocycles. The third-order valence-electron chi connectivity index (χ3n) is 3.18. The summed E-state index contributed by atoms with van der Waals surface area (Å²) >= 11 is 0. The Morgan fingerprint density at radius 3 is 3.00 bits per heavy atom. The number of imidazole rings is 1. The summed E-state index contributed by atoms with van der Waals surface area (Å²) in [5.41, 5.74) is 7.66. The van der Waals surface area contributed by atoms with Crippen molar-refractivity contribution in [1.29, 1.82) is 0 Å². The molecule has 18 heavy (non-hydrogen) atoms. The van der Waals surface area contributed by atoms with E-state index in [4.69, 9.17) is 10.5 Å². The first-order valence-corrected chi connectivity index (χ1v) is 5.97. The summed E-state index contributed by atoms with van der Waals surface area (Å²) in [6.07, 6.45) is 4.74. The first-order valence-electron chi connectivity index (χ1n) is 5.97. The molecule has 2 heterocycles. The monoisotopic (exact) mass is 241 g/mol. The topological polar surface area (TPSA) is 52.5 Å². The lowest BCUT2D eigenvalue weighted by molar-refractivity contribution is 0.420. The minimum absolute atomic E-state index is 0.623. The molecule has 92 valence electrons. The van der Waals surface area contributed by atoms with E-state index < -0.39 is 0 Å². The van der Waals surface area contributed by atoms with Gasteiger partial charge >= 0.3 is 0 Å². The van der Waals surface area contributed by atoms with Crippen molar-refractivity contribution in [3.05, 3.63) is 42.4 Å². The predicted molar refractivity (Wildman–Crippen MR) is 72.0 cm³/mol. The number of benzene rings is 1. The molecule has 3 rings (SSSR count). The number of ether oxygens (including phenoxy) is 1. The Balaban J connectivity index is 2.38. The molecule has 0 bridgehead atoms. The number of pyridine rings is 1. The van der Waals surface area contributed by atoms with Crippen LogP contribution in [-0.2, 0) is 6.42 Å². The maximum Gasteiger partial charge on any atom is 0.148 e. The van der Waals surface area contributed by atoms with Gasteiger partial charge in [0, 0.05) is 24.5 Å². The van der Waals surface area contributed by atoms with Crippen molar-refractivity contribution < 1.29 is 4.74 Å². The van der Waals surface area contributed by atoms with Gasteiger partial charge in [-0.3, -0.25) is 0 Å². The van der Waals surface area contributed by atoms with Crippen molar-refractivity contribution in [1.82, 2.24) is 9.38 Å². The summed E-state index contributed by atoms with van der Waals surface area (Å²) in [6.45, 7) is 0.623. The Labute approximate surface area is 105 Å². The van der Waals surface area contributed by atoms with Crippen LogP contribution in [0.4, 0.5) is 0 Å². The third-order valence-corrected chi connectivity index (χ3v) is 3.18. The van der Waals surface area contributed by atoms with Crippen LogP contribution in [0.5, 0.6) is 5.75 Å². The molecule has 4 nitrogen and oxygen atoms in total. The van der Waals surface area contributed by atoms with E-state index in [9.17, 15) is 0 Å². The summed E-state index contributed by atoms with van der Waals surface area (Å²) < 4.78 is 7.51. The SMILES string of the molecule is COc1cccc2ccn3c(CCN)cnc3c12. The molecule has 0 fully saturated rings.